The predicted octanol–water partition coefficient (Wildman–Crippen LogP) is 5.07. The van der Waals surface area contributed by atoms with Gasteiger partial charge < -0.3 is 9.47 Å². The van der Waals surface area contributed by atoms with Gasteiger partial charge in [-0.2, -0.15) is 0 Å². The lowest BCUT2D eigenvalue weighted by Crippen LogP contribution is -2.35. The number of carbonyl (C=O) groups excluding carboxylic acids is 1. The number of ether oxygens (including phenoxy) is 2. The van der Waals surface area contributed by atoms with E-state index in [0.717, 1.165) is 42.8 Å². The molecular formula is C25H29ClN6O3. The number of halogens is 1. The maximum Gasteiger partial charge on any atom is 0.411 e. The molecule has 1 aliphatic carbocycles. The molecule has 3 aromatic rings. The average molecular weight is 497 g/mol. The van der Waals surface area contributed by atoms with E-state index in [2.05, 4.69) is 24.7 Å². The first kappa shape index (κ1) is 23.5. The lowest BCUT2D eigenvalue weighted by atomic mass is 9.86. The van der Waals surface area contributed by atoms with Crippen LogP contribution in [0.25, 0.3) is 5.69 Å². The number of aromatic nitrogens is 5. The number of nitrogens with zero attached hydrogens (tertiary/aromatic N) is 6. The molecule has 1 fully saturated rings. The van der Waals surface area contributed by atoms with Crippen molar-refractivity contribution in [2.24, 2.45) is 0 Å². The highest BCUT2D eigenvalue weighted by molar-refractivity contribution is 6.30. The van der Waals surface area contributed by atoms with Gasteiger partial charge in [-0.15, -0.1) is 10.2 Å². The van der Waals surface area contributed by atoms with Gasteiger partial charge in [0.05, 0.1) is 18.8 Å². The summed E-state index contributed by atoms with van der Waals surface area (Å²) in [5.41, 5.74) is 1.30. The number of carbonyl (C=O) groups is 1. The Morgan fingerprint density at radius 3 is 2.60 bits per heavy atom. The van der Waals surface area contributed by atoms with Gasteiger partial charge >= 0.3 is 6.09 Å². The van der Waals surface area contributed by atoms with Gasteiger partial charge in [0.15, 0.2) is 5.82 Å². The minimum absolute atomic E-state index is 0.112. The lowest BCUT2D eigenvalue weighted by Gasteiger charge is -2.28. The van der Waals surface area contributed by atoms with Crippen LogP contribution in [0.3, 0.4) is 0 Å². The molecule has 1 saturated carbocycles. The summed E-state index contributed by atoms with van der Waals surface area (Å²) in [5, 5.41) is 9.73. The molecule has 2 aliphatic rings. The maximum atomic E-state index is 13.0. The summed E-state index contributed by atoms with van der Waals surface area (Å²) >= 11 is 6.34. The topological polar surface area (TPSA) is 95.3 Å². The summed E-state index contributed by atoms with van der Waals surface area (Å²) in [6.45, 7) is 6.27. The molecule has 0 N–H and O–H groups in total. The molecule has 0 radical (unpaired) electrons. The Morgan fingerprint density at radius 1 is 1.09 bits per heavy atom. The van der Waals surface area contributed by atoms with Crippen LogP contribution in [0.1, 0.15) is 69.6 Å². The Hall–Kier alpha value is -3.20. The Balaban J connectivity index is 1.40. The van der Waals surface area contributed by atoms with Crippen LogP contribution in [0.5, 0.6) is 5.88 Å². The van der Waals surface area contributed by atoms with Crippen LogP contribution >= 0.6 is 11.6 Å². The quantitative estimate of drug-likeness (QED) is 0.499. The molecule has 0 saturated heterocycles. The van der Waals surface area contributed by atoms with Gasteiger partial charge in [0.1, 0.15) is 23.9 Å². The SMILES string of the molecule is CC(C)(C)OC(=O)N1Cc2cc(Cl)ccc2-n2c(nnc2[C@H]2CC[C@H](Oc3ccncn3)CC2)C1. The van der Waals surface area contributed by atoms with Crippen LogP contribution in [0.15, 0.2) is 36.8 Å². The normalized spacial score (nSPS) is 19.9. The fraction of sp³-hybridized carbons (Fsp3) is 0.480. The van der Waals surface area contributed by atoms with E-state index in [1.807, 2.05) is 39.0 Å². The number of hydrogen-bond acceptors (Lipinski definition) is 7. The molecule has 0 bridgehead atoms. The average Bonchev–Trinajstić information content (AvgIpc) is 3.15. The molecule has 35 heavy (non-hydrogen) atoms. The molecule has 3 heterocycles. The van der Waals surface area contributed by atoms with Crippen LogP contribution in [0.4, 0.5) is 4.79 Å². The molecule has 2 aromatic heterocycles. The van der Waals surface area contributed by atoms with Gasteiger partial charge in [-0.1, -0.05) is 11.6 Å². The van der Waals surface area contributed by atoms with E-state index in [1.54, 1.807) is 17.2 Å². The summed E-state index contributed by atoms with van der Waals surface area (Å²) in [4.78, 5) is 22.7. The van der Waals surface area contributed by atoms with Crippen molar-refractivity contribution < 1.29 is 14.3 Å². The Labute approximate surface area is 209 Å². The second-order valence-corrected chi connectivity index (χ2v) is 10.5. The standard InChI is InChI=1S/C25H29ClN6O3/c1-25(2,3)35-24(33)31-13-17-12-18(26)6-9-20(17)32-21(14-31)29-30-23(32)16-4-7-19(8-5-16)34-22-10-11-27-15-28-22/h6,9-12,15-16,19H,4-5,7-8,13-14H2,1-3H3/t16-,19-. The monoisotopic (exact) mass is 496 g/mol. The summed E-state index contributed by atoms with van der Waals surface area (Å²) in [6, 6.07) is 7.53. The first-order valence-electron chi connectivity index (χ1n) is 11.9. The van der Waals surface area contributed by atoms with E-state index in [-0.39, 0.29) is 18.1 Å². The van der Waals surface area contributed by atoms with Crippen molar-refractivity contribution in [3.8, 4) is 11.6 Å². The van der Waals surface area contributed by atoms with Crippen LogP contribution in [0, 0.1) is 0 Å². The molecule has 1 amide bonds. The third-order valence-corrected chi connectivity index (χ3v) is 6.50. The number of hydrogen-bond donors (Lipinski definition) is 0. The molecular weight excluding hydrogens is 468 g/mol. The summed E-state index contributed by atoms with van der Waals surface area (Å²) in [6.07, 6.45) is 6.55. The first-order chi connectivity index (χ1) is 16.8. The Bertz CT molecular complexity index is 1200. The fourth-order valence-electron chi connectivity index (χ4n) is 4.70. The fourth-order valence-corrected chi connectivity index (χ4v) is 4.90. The number of rotatable bonds is 3. The van der Waals surface area contributed by atoms with Gasteiger partial charge in [0.2, 0.25) is 5.88 Å². The second-order valence-electron chi connectivity index (χ2n) is 10.1. The van der Waals surface area contributed by atoms with Gasteiger partial charge in [-0.3, -0.25) is 9.47 Å². The zero-order chi connectivity index (χ0) is 24.6. The summed E-state index contributed by atoms with van der Waals surface area (Å²) < 4.78 is 13.8. The summed E-state index contributed by atoms with van der Waals surface area (Å²) in [5.74, 6) is 2.47. The van der Waals surface area contributed by atoms with Crippen LogP contribution in [-0.2, 0) is 17.8 Å². The smallest absolute Gasteiger partial charge is 0.411 e. The van der Waals surface area contributed by atoms with Crippen molar-refractivity contribution in [1.29, 1.82) is 0 Å². The molecule has 1 aliphatic heterocycles. The van der Waals surface area contributed by atoms with E-state index in [9.17, 15) is 4.79 Å². The van der Waals surface area contributed by atoms with E-state index in [0.29, 0.717) is 29.8 Å². The Morgan fingerprint density at radius 2 is 1.89 bits per heavy atom. The first-order valence-corrected chi connectivity index (χ1v) is 12.3. The highest BCUT2D eigenvalue weighted by Crippen LogP contribution is 2.37. The predicted molar refractivity (Wildman–Crippen MR) is 130 cm³/mol. The van der Waals surface area contributed by atoms with Crippen molar-refractivity contribution >= 4 is 17.7 Å². The Kier molecular flexibility index (Phi) is 6.35. The van der Waals surface area contributed by atoms with Crippen molar-refractivity contribution in [2.45, 2.75) is 77.2 Å². The zero-order valence-electron chi connectivity index (χ0n) is 20.1. The van der Waals surface area contributed by atoms with Gasteiger partial charge in [0.25, 0.3) is 0 Å². The molecule has 1 aromatic carbocycles. The number of benzene rings is 1. The zero-order valence-corrected chi connectivity index (χ0v) is 20.9. The molecule has 0 unspecified atom stereocenters. The van der Waals surface area contributed by atoms with Gasteiger partial charge in [-0.05, 0) is 70.2 Å². The van der Waals surface area contributed by atoms with E-state index < -0.39 is 5.60 Å². The largest absolute Gasteiger partial charge is 0.474 e. The minimum atomic E-state index is -0.591. The van der Waals surface area contributed by atoms with Crippen LogP contribution in [0.2, 0.25) is 5.02 Å². The molecule has 5 rings (SSSR count). The van der Waals surface area contributed by atoms with E-state index in [1.165, 1.54) is 6.33 Å². The number of amides is 1. The minimum Gasteiger partial charge on any atom is -0.474 e. The molecule has 0 spiro atoms. The lowest BCUT2D eigenvalue weighted by molar-refractivity contribution is 0.0214. The van der Waals surface area contributed by atoms with E-state index in [4.69, 9.17) is 21.1 Å². The second kappa shape index (κ2) is 9.45. The third-order valence-electron chi connectivity index (χ3n) is 6.26. The summed E-state index contributed by atoms with van der Waals surface area (Å²) in [7, 11) is 0. The van der Waals surface area contributed by atoms with Gasteiger partial charge in [-0.25, -0.2) is 14.8 Å². The highest BCUT2D eigenvalue weighted by atomic mass is 35.5. The van der Waals surface area contributed by atoms with Crippen molar-refractivity contribution in [1.82, 2.24) is 29.6 Å². The van der Waals surface area contributed by atoms with Crippen molar-refractivity contribution in [2.75, 3.05) is 0 Å². The van der Waals surface area contributed by atoms with Crippen molar-refractivity contribution in [3.63, 3.8) is 0 Å². The van der Waals surface area contributed by atoms with Crippen molar-refractivity contribution in [3.05, 3.63) is 59.0 Å². The molecule has 184 valence electrons. The highest BCUT2D eigenvalue weighted by Gasteiger charge is 2.33. The maximum absolute atomic E-state index is 13.0. The van der Waals surface area contributed by atoms with Gasteiger partial charge in [0, 0.05) is 23.2 Å². The molecule has 0 atom stereocenters. The third kappa shape index (κ3) is 5.24. The van der Waals surface area contributed by atoms with E-state index >= 15 is 0 Å². The van der Waals surface area contributed by atoms with Crippen LogP contribution < -0.4 is 4.74 Å². The molecule has 9 nitrogen and oxygen atoms in total. The van der Waals surface area contributed by atoms with Crippen LogP contribution in [-0.4, -0.2) is 47.4 Å². The number of fused-ring (bicyclic) bond motifs is 3. The molecule has 10 heteroatoms.